The number of amides is 1. The van der Waals surface area contributed by atoms with Gasteiger partial charge in [0.2, 0.25) is 5.91 Å². The number of hydrogen-bond donors (Lipinski definition) is 1. The Morgan fingerprint density at radius 3 is 2.69 bits per heavy atom. The third-order valence-electron chi connectivity index (χ3n) is 4.44. The molecule has 1 N–H and O–H groups in total. The lowest BCUT2D eigenvalue weighted by Crippen LogP contribution is -2.09. The Hall–Kier alpha value is -3.26. The molecule has 3 aromatic rings. The largest absolute Gasteiger partial charge is 0.497 e. The summed E-state index contributed by atoms with van der Waals surface area (Å²) in [6, 6.07) is 15.7. The van der Waals surface area contributed by atoms with Crippen LogP contribution >= 0.6 is 0 Å². The number of ether oxygens (including phenoxy) is 1. The molecule has 0 aliphatic heterocycles. The van der Waals surface area contributed by atoms with Crippen molar-refractivity contribution in [2.45, 2.75) is 26.8 Å². The summed E-state index contributed by atoms with van der Waals surface area (Å²) in [4.78, 5) is 11.7. The fourth-order valence-corrected chi connectivity index (χ4v) is 3.19. The SMILES string of the molecule is CCC(=O)Nc1cccc(-c2c(C#N)c3ccc(OC)cc3n2CC)c1. The Morgan fingerprint density at radius 1 is 1.23 bits per heavy atom. The first-order valence-corrected chi connectivity index (χ1v) is 8.63. The number of hydrogen-bond acceptors (Lipinski definition) is 3. The van der Waals surface area contributed by atoms with Crippen LogP contribution in [0.4, 0.5) is 5.69 Å². The van der Waals surface area contributed by atoms with Crippen molar-refractivity contribution < 1.29 is 9.53 Å². The van der Waals surface area contributed by atoms with E-state index in [1.165, 1.54) is 0 Å². The molecule has 0 atom stereocenters. The van der Waals surface area contributed by atoms with Crippen LogP contribution in [0, 0.1) is 11.3 Å². The summed E-state index contributed by atoms with van der Waals surface area (Å²) in [5, 5.41) is 13.6. The Kier molecular flexibility index (Phi) is 4.94. The van der Waals surface area contributed by atoms with Gasteiger partial charge < -0.3 is 14.6 Å². The number of methoxy groups -OCH3 is 1. The highest BCUT2D eigenvalue weighted by Crippen LogP contribution is 2.36. The van der Waals surface area contributed by atoms with Crippen LogP contribution in [0.2, 0.25) is 0 Å². The third-order valence-corrected chi connectivity index (χ3v) is 4.44. The van der Waals surface area contributed by atoms with Gasteiger partial charge in [0.05, 0.1) is 23.9 Å². The van der Waals surface area contributed by atoms with Gasteiger partial charge in [-0.25, -0.2) is 0 Å². The molecule has 0 aliphatic rings. The van der Waals surface area contributed by atoms with E-state index in [1.807, 2.05) is 56.3 Å². The number of carbonyl (C=O) groups excluding carboxylic acids is 1. The number of nitriles is 1. The predicted molar refractivity (Wildman–Crippen MR) is 103 cm³/mol. The molecule has 0 spiro atoms. The highest BCUT2D eigenvalue weighted by atomic mass is 16.5. The standard InChI is InChI=1S/C21H21N3O2/c1-4-20(25)23-15-8-6-7-14(11-15)21-18(13-22)17-10-9-16(26-3)12-19(17)24(21)5-2/h6-12H,4-5H2,1-3H3,(H,23,25). The zero-order chi connectivity index (χ0) is 18.7. The minimum absolute atomic E-state index is 0.0385. The van der Waals surface area contributed by atoms with E-state index in [4.69, 9.17) is 4.74 Å². The highest BCUT2D eigenvalue weighted by Gasteiger charge is 2.18. The van der Waals surface area contributed by atoms with E-state index >= 15 is 0 Å². The van der Waals surface area contributed by atoms with Gasteiger partial charge in [0, 0.05) is 35.7 Å². The van der Waals surface area contributed by atoms with Crippen LogP contribution in [0.25, 0.3) is 22.2 Å². The maximum atomic E-state index is 11.7. The second-order valence-corrected chi connectivity index (χ2v) is 5.95. The average Bonchev–Trinajstić information content (AvgIpc) is 3.00. The van der Waals surface area contributed by atoms with Gasteiger partial charge in [-0.2, -0.15) is 5.26 Å². The van der Waals surface area contributed by atoms with Crippen molar-refractivity contribution in [1.29, 1.82) is 5.26 Å². The molecular weight excluding hydrogens is 326 g/mol. The predicted octanol–water partition coefficient (Wildman–Crippen LogP) is 4.56. The summed E-state index contributed by atoms with van der Waals surface area (Å²) in [5.41, 5.74) is 4.06. The van der Waals surface area contributed by atoms with E-state index in [0.29, 0.717) is 18.5 Å². The van der Waals surface area contributed by atoms with E-state index in [9.17, 15) is 10.1 Å². The Bertz CT molecular complexity index is 1010. The number of rotatable bonds is 5. The maximum Gasteiger partial charge on any atom is 0.224 e. The molecule has 0 radical (unpaired) electrons. The van der Waals surface area contributed by atoms with Gasteiger partial charge in [0.25, 0.3) is 0 Å². The van der Waals surface area contributed by atoms with Crippen molar-refractivity contribution >= 4 is 22.5 Å². The molecule has 0 bridgehead atoms. The Labute approximate surface area is 152 Å². The number of aryl methyl sites for hydroxylation is 1. The number of aromatic nitrogens is 1. The minimum Gasteiger partial charge on any atom is -0.497 e. The lowest BCUT2D eigenvalue weighted by Gasteiger charge is -2.11. The first-order chi connectivity index (χ1) is 12.6. The number of anilines is 1. The molecule has 26 heavy (non-hydrogen) atoms. The lowest BCUT2D eigenvalue weighted by atomic mass is 10.1. The molecule has 0 saturated heterocycles. The van der Waals surface area contributed by atoms with Crippen LogP contribution in [-0.4, -0.2) is 17.6 Å². The van der Waals surface area contributed by atoms with Gasteiger partial charge in [0.1, 0.15) is 11.8 Å². The summed E-state index contributed by atoms with van der Waals surface area (Å²) in [5.74, 6) is 0.716. The van der Waals surface area contributed by atoms with Crippen LogP contribution in [0.5, 0.6) is 5.75 Å². The van der Waals surface area contributed by atoms with E-state index in [1.54, 1.807) is 7.11 Å². The monoisotopic (exact) mass is 347 g/mol. The smallest absolute Gasteiger partial charge is 0.224 e. The lowest BCUT2D eigenvalue weighted by molar-refractivity contribution is -0.115. The molecule has 3 rings (SSSR count). The second-order valence-electron chi connectivity index (χ2n) is 5.95. The molecule has 1 aromatic heterocycles. The summed E-state index contributed by atoms with van der Waals surface area (Å²) in [7, 11) is 1.63. The number of benzene rings is 2. The Balaban J connectivity index is 2.23. The fourth-order valence-electron chi connectivity index (χ4n) is 3.19. The first-order valence-electron chi connectivity index (χ1n) is 8.63. The normalized spacial score (nSPS) is 10.5. The van der Waals surface area contributed by atoms with Gasteiger partial charge in [-0.3, -0.25) is 4.79 Å². The number of nitrogens with one attached hydrogen (secondary N) is 1. The van der Waals surface area contributed by atoms with Gasteiger partial charge in [-0.15, -0.1) is 0 Å². The van der Waals surface area contributed by atoms with Crippen molar-refractivity contribution in [1.82, 2.24) is 4.57 Å². The van der Waals surface area contributed by atoms with Crippen LogP contribution in [0.15, 0.2) is 42.5 Å². The maximum absolute atomic E-state index is 11.7. The topological polar surface area (TPSA) is 67.1 Å². The summed E-state index contributed by atoms with van der Waals surface area (Å²) in [6.07, 6.45) is 0.419. The summed E-state index contributed by atoms with van der Waals surface area (Å²) < 4.78 is 7.45. The van der Waals surface area contributed by atoms with Crippen LogP contribution in [0.1, 0.15) is 25.8 Å². The van der Waals surface area contributed by atoms with Crippen molar-refractivity contribution in [2.24, 2.45) is 0 Å². The molecule has 0 aliphatic carbocycles. The first kappa shape index (κ1) is 17.6. The van der Waals surface area contributed by atoms with Crippen molar-refractivity contribution in [3.63, 3.8) is 0 Å². The fraction of sp³-hybridized carbons (Fsp3) is 0.238. The number of fused-ring (bicyclic) bond motifs is 1. The second kappa shape index (κ2) is 7.32. The van der Waals surface area contributed by atoms with Gasteiger partial charge in [0.15, 0.2) is 0 Å². The van der Waals surface area contributed by atoms with Crippen molar-refractivity contribution in [3.05, 3.63) is 48.0 Å². The highest BCUT2D eigenvalue weighted by molar-refractivity contribution is 5.96. The molecule has 5 nitrogen and oxygen atoms in total. The molecule has 1 amide bonds. The van der Waals surface area contributed by atoms with E-state index in [2.05, 4.69) is 16.0 Å². The van der Waals surface area contributed by atoms with E-state index in [0.717, 1.165) is 33.6 Å². The summed E-state index contributed by atoms with van der Waals surface area (Å²) >= 11 is 0. The van der Waals surface area contributed by atoms with Crippen LogP contribution in [-0.2, 0) is 11.3 Å². The van der Waals surface area contributed by atoms with Crippen molar-refractivity contribution in [2.75, 3.05) is 12.4 Å². The molecule has 0 fully saturated rings. The number of carbonyl (C=O) groups is 1. The third kappa shape index (κ3) is 3.02. The molecule has 0 saturated carbocycles. The molecule has 0 unspecified atom stereocenters. The molecule has 132 valence electrons. The quantitative estimate of drug-likeness (QED) is 0.736. The van der Waals surface area contributed by atoms with Gasteiger partial charge in [-0.1, -0.05) is 19.1 Å². The van der Waals surface area contributed by atoms with Crippen molar-refractivity contribution in [3.8, 4) is 23.1 Å². The molecule has 2 aromatic carbocycles. The zero-order valence-corrected chi connectivity index (χ0v) is 15.2. The van der Waals surface area contributed by atoms with Crippen LogP contribution in [0.3, 0.4) is 0 Å². The number of nitrogens with zero attached hydrogens (tertiary/aromatic N) is 2. The minimum atomic E-state index is -0.0385. The van der Waals surface area contributed by atoms with Crippen LogP contribution < -0.4 is 10.1 Å². The molecule has 5 heteroatoms. The van der Waals surface area contributed by atoms with Gasteiger partial charge in [-0.05, 0) is 31.2 Å². The van der Waals surface area contributed by atoms with E-state index < -0.39 is 0 Å². The van der Waals surface area contributed by atoms with Gasteiger partial charge >= 0.3 is 0 Å². The molecular formula is C21H21N3O2. The Morgan fingerprint density at radius 2 is 2.04 bits per heavy atom. The average molecular weight is 347 g/mol. The van der Waals surface area contributed by atoms with E-state index in [-0.39, 0.29) is 5.91 Å². The summed E-state index contributed by atoms with van der Waals surface area (Å²) in [6.45, 7) is 4.58. The zero-order valence-electron chi connectivity index (χ0n) is 15.2. The molecule has 1 heterocycles.